The van der Waals surface area contributed by atoms with E-state index in [1.165, 1.54) is 12.4 Å². The van der Waals surface area contributed by atoms with E-state index in [4.69, 9.17) is 14.5 Å². The number of pyridine rings is 2. The van der Waals surface area contributed by atoms with E-state index in [9.17, 15) is 13.2 Å². The summed E-state index contributed by atoms with van der Waals surface area (Å²) < 4.78 is 51.2. The monoisotopic (exact) mass is 473 g/mol. The Morgan fingerprint density at radius 2 is 1.94 bits per heavy atom. The van der Waals surface area contributed by atoms with E-state index in [1.807, 2.05) is 51.7 Å². The molecule has 2 atom stereocenters. The van der Waals surface area contributed by atoms with Crippen molar-refractivity contribution in [3.8, 4) is 17.0 Å². The summed E-state index contributed by atoms with van der Waals surface area (Å²) in [6.45, 7) is 9.24. The average Bonchev–Trinajstić information content (AvgIpc) is 3.38. The van der Waals surface area contributed by atoms with E-state index in [0.29, 0.717) is 18.0 Å². The van der Waals surface area contributed by atoms with Crippen LogP contribution in [0.15, 0.2) is 30.7 Å². The van der Waals surface area contributed by atoms with Crippen LogP contribution in [0.4, 0.5) is 18.9 Å². The molecule has 0 bridgehead atoms. The van der Waals surface area contributed by atoms with Crippen molar-refractivity contribution in [3.63, 3.8) is 0 Å². The van der Waals surface area contributed by atoms with Crippen molar-refractivity contribution in [1.29, 1.82) is 0 Å². The minimum Gasteiger partial charge on any atom is -0.492 e. The normalized spacial score (nSPS) is 20.6. The molecule has 5 rings (SSSR count). The van der Waals surface area contributed by atoms with Crippen molar-refractivity contribution < 1.29 is 22.6 Å². The molecule has 0 aromatic carbocycles. The quantitative estimate of drug-likeness (QED) is 0.482. The SMILES string of the molecule is CCOc1cc(-c2cc(C)c3c(n2)C(C)(C)N(c2cnn(CC(F)(F)F)c2)C2OC32)cnc1C. The molecule has 180 valence electrons. The fourth-order valence-corrected chi connectivity index (χ4v) is 4.77. The fraction of sp³-hybridized carbons (Fsp3) is 0.458. The van der Waals surface area contributed by atoms with Gasteiger partial charge in [-0.15, -0.1) is 0 Å². The Kier molecular flexibility index (Phi) is 5.12. The highest BCUT2D eigenvalue weighted by molar-refractivity contribution is 5.65. The third-order valence-corrected chi connectivity index (χ3v) is 6.33. The van der Waals surface area contributed by atoms with Crippen LogP contribution in [0.25, 0.3) is 11.3 Å². The van der Waals surface area contributed by atoms with E-state index >= 15 is 0 Å². The predicted octanol–water partition coefficient (Wildman–Crippen LogP) is 5.07. The highest BCUT2D eigenvalue weighted by Gasteiger charge is 2.58. The molecular weight excluding hydrogens is 447 g/mol. The summed E-state index contributed by atoms with van der Waals surface area (Å²) in [5, 5.41) is 3.93. The number of rotatable bonds is 5. The summed E-state index contributed by atoms with van der Waals surface area (Å²) in [4.78, 5) is 11.5. The molecular formula is C24H26F3N5O2. The summed E-state index contributed by atoms with van der Waals surface area (Å²) in [5.41, 5.74) is 5.20. The highest BCUT2D eigenvalue weighted by atomic mass is 19.4. The number of anilines is 1. The number of aryl methyl sites for hydroxylation is 2. The van der Waals surface area contributed by atoms with Gasteiger partial charge in [-0.25, -0.2) is 4.98 Å². The molecule has 0 saturated carbocycles. The number of halogens is 3. The van der Waals surface area contributed by atoms with Gasteiger partial charge in [-0.3, -0.25) is 9.67 Å². The van der Waals surface area contributed by atoms with Crippen LogP contribution in [0.5, 0.6) is 5.75 Å². The van der Waals surface area contributed by atoms with Crippen LogP contribution in [-0.4, -0.2) is 38.8 Å². The summed E-state index contributed by atoms with van der Waals surface area (Å²) in [7, 11) is 0. The fourth-order valence-electron chi connectivity index (χ4n) is 4.77. The summed E-state index contributed by atoms with van der Waals surface area (Å²) >= 11 is 0. The number of alkyl halides is 3. The van der Waals surface area contributed by atoms with Crippen molar-refractivity contribution in [2.45, 2.75) is 65.2 Å². The first-order chi connectivity index (χ1) is 16.0. The maximum atomic E-state index is 12.9. The Bertz CT molecular complexity index is 1250. The second-order valence-electron chi connectivity index (χ2n) is 9.21. The summed E-state index contributed by atoms with van der Waals surface area (Å²) in [5.74, 6) is 0.709. The lowest BCUT2D eigenvalue weighted by molar-refractivity contribution is -0.142. The Morgan fingerprint density at radius 3 is 2.65 bits per heavy atom. The van der Waals surface area contributed by atoms with Gasteiger partial charge in [0.1, 0.15) is 18.4 Å². The third-order valence-electron chi connectivity index (χ3n) is 6.33. The molecule has 3 aromatic rings. The van der Waals surface area contributed by atoms with Gasteiger partial charge in [0.25, 0.3) is 0 Å². The molecule has 0 radical (unpaired) electrons. The van der Waals surface area contributed by atoms with Crippen molar-refractivity contribution >= 4 is 5.69 Å². The van der Waals surface area contributed by atoms with Crippen LogP contribution >= 0.6 is 0 Å². The number of hydrogen-bond acceptors (Lipinski definition) is 6. The number of nitrogens with zero attached hydrogens (tertiary/aromatic N) is 5. The summed E-state index contributed by atoms with van der Waals surface area (Å²) in [6.07, 6.45) is -0.173. The van der Waals surface area contributed by atoms with Gasteiger partial charge in [-0.05, 0) is 52.3 Å². The molecule has 7 nitrogen and oxygen atoms in total. The minimum atomic E-state index is -4.35. The molecule has 1 fully saturated rings. The zero-order valence-electron chi connectivity index (χ0n) is 19.6. The topological polar surface area (TPSA) is 68.6 Å². The molecule has 34 heavy (non-hydrogen) atoms. The van der Waals surface area contributed by atoms with Gasteiger partial charge in [0, 0.05) is 23.5 Å². The lowest BCUT2D eigenvalue weighted by atomic mass is 9.84. The first kappa shape index (κ1) is 22.6. The van der Waals surface area contributed by atoms with E-state index in [1.54, 1.807) is 6.20 Å². The largest absolute Gasteiger partial charge is 0.492 e. The maximum Gasteiger partial charge on any atom is 0.408 e. The number of hydrogen-bond donors (Lipinski definition) is 0. The molecule has 0 N–H and O–H groups in total. The second-order valence-corrected chi connectivity index (χ2v) is 9.21. The smallest absolute Gasteiger partial charge is 0.408 e. The lowest BCUT2D eigenvalue weighted by Gasteiger charge is -2.42. The van der Waals surface area contributed by atoms with Gasteiger partial charge in [0.2, 0.25) is 0 Å². The van der Waals surface area contributed by atoms with E-state index in [-0.39, 0.29) is 12.3 Å². The van der Waals surface area contributed by atoms with Gasteiger partial charge in [0.15, 0.2) is 6.23 Å². The van der Waals surface area contributed by atoms with Crippen molar-refractivity contribution in [2.24, 2.45) is 0 Å². The molecule has 0 spiro atoms. The van der Waals surface area contributed by atoms with Crippen LogP contribution in [0.3, 0.4) is 0 Å². The Morgan fingerprint density at radius 1 is 1.18 bits per heavy atom. The number of ether oxygens (including phenoxy) is 2. The van der Waals surface area contributed by atoms with Crippen molar-refractivity contribution in [1.82, 2.24) is 19.7 Å². The first-order valence-corrected chi connectivity index (χ1v) is 11.2. The molecule has 5 heterocycles. The van der Waals surface area contributed by atoms with Crippen LogP contribution in [0.2, 0.25) is 0 Å². The Labute approximate surface area is 195 Å². The standard InChI is InChI=1S/C24H26F3N5O2/c1-6-33-18-8-15(9-28-14(18)3)17-7-13(2)19-20-22(34-20)32(23(4,5)21(19)30-17)16-10-29-31(11-16)12-24(25,26)27/h7-11,20,22H,6,12H2,1-5H3. The van der Waals surface area contributed by atoms with Crippen LogP contribution in [0, 0.1) is 13.8 Å². The van der Waals surface area contributed by atoms with Gasteiger partial charge in [-0.1, -0.05) is 0 Å². The van der Waals surface area contributed by atoms with Gasteiger partial charge in [0.05, 0.1) is 41.1 Å². The van der Waals surface area contributed by atoms with Gasteiger partial charge in [-0.2, -0.15) is 18.3 Å². The van der Waals surface area contributed by atoms with Gasteiger partial charge < -0.3 is 14.4 Å². The molecule has 3 aromatic heterocycles. The minimum absolute atomic E-state index is 0.189. The van der Waals surface area contributed by atoms with Crippen LogP contribution in [-0.2, 0) is 16.8 Å². The van der Waals surface area contributed by atoms with Crippen molar-refractivity contribution in [2.75, 3.05) is 11.5 Å². The van der Waals surface area contributed by atoms with Crippen molar-refractivity contribution in [3.05, 3.63) is 53.2 Å². The second kappa shape index (κ2) is 7.69. The average molecular weight is 473 g/mol. The van der Waals surface area contributed by atoms with E-state index in [0.717, 1.165) is 38.5 Å². The number of fused-ring (bicyclic) bond motifs is 3. The Hall–Kier alpha value is -3.14. The predicted molar refractivity (Wildman–Crippen MR) is 120 cm³/mol. The zero-order chi connectivity index (χ0) is 24.4. The molecule has 2 aliphatic heterocycles. The highest BCUT2D eigenvalue weighted by Crippen LogP contribution is 2.55. The third kappa shape index (κ3) is 3.79. The van der Waals surface area contributed by atoms with E-state index in [2.05, 4.69) is 10.1 Å². The molecule has 0 aliphatic carbocycles. The molecule has 10 heteroatoms. The zero-order valence-corrected chi connectivity index (χ0v) is 19.6. The van der Waals surface area contributed by atoms with Crippen LogP contribution in [0.1, 0.15) is 49.4 Å². The molecule has 2 aliphatic rings. The lowest BCUT2D eigenvalue weighted by Crippen LogP contribution is -2.48. The Balaban J connectivity index is 1.56. The van der Waals surface area contributed by atoms with E-state index < -0.39 is 18.3 Å². The number of aromatic nitrogens is 4. The molecule has 1 saturated heterocycles. The first-order valence-electron chi connectivity index (χ1n) is 11.2. The maximum absolute atomic E-state index is 12.9. The van der Waals surface area contributed by atoms with Crippen LogP contribution < -0.4 is 9.64 Å². The van der Waals surface area contributed by atoms with Gasteiger partial charge >= 0.3 is 6.18 Å². The molecule has 0 amide bonds. The number of epoxide rings is 1. The molecule has 2 unspecified atom stereocenters. The summed E-state index contributed by atoms with van der Waals surface area (Å²) in [6, 6.07) is 3.96.